The van der Waals surface area contributed by atoms with E-state index < -0.39 is 11.8 Å². The highest BCUT2D eigenvalue weighted by Crippen LogP contribution is 2.29. The van der Waals surface area contributed by atoms with Crippen molar-refractivity contribution in [1.29, 1.82) is 0 Å². The highest BCUT2D eigenvalue weighted by atomic mass is 35.5. The molecule has 2 N–H and O–H groups in total. The molecule has 188 valence electrons. The molecule has 0 spiro atoms. The first-order valence-corrected chi connectivity index (χ1v) is 12.1. The molecule has 7 nitrogen and oxygen atoms in total. The summed E-state index contributed by atoms with van der Waals surface area (Å²) in [6.07, 6.45) is 1.43. The number of hydrogen-bond donors (Lipinski definition) is 2. The van der Waals surface area contributed by atoms with Gasteiger partial charge in [0.15, 0.2) is 11.5 Å². The summed E-state index contributed by atoms with van der Waals surface area (Å²) in [6.45, 7) is 7.17. The standard InChI is InChI=1S/C28H30ClN3O4/c1-4-35-26-15-22(9-14-25(26)36-18-21-7-12-24(29)13-8-21)17-31-32-28(34)27(33)30-16-20-5-10-23(11-6-20)19(2)3/h5-15,17,19H,4,16,18H2,1-3H3,(H,30,33)(H,32,34)/b31-17-. The molecule has 0 saturated heterocycles. The van der Waals surface area contributed by atoms with Crippen LogP contribution in [0, 0.1) is 0 Å². The van der Waals surface area contributed by atoms with Gasteiger partial charge in [-0.3, -0.25) is 9.59 Å². The Morgan fingerprint density at radius 2 is 1.61 bits per heavy atom. The van der Waals surface area contributed by atoms with E-state index in [1.54, 1.807) is 18.2 Å². The van der Waals surface area contributed by atoms with Crippen molar-refractivity contribution in [3.8, 4) is 11.5 Å². The van der Waals surface area contributed by atoms with Crippen LogP contribution in [0.4, 0.5) is 0 Å². The first-order valence-electron chi connectivity index (χ1n) is 11.7. The van der Waals surface area contributed by atoms with Crippen LogP contribution in [-0.4, -0.2) is 24.6 Å². The van der Waals surface area contributed by atoms with E-state index in [1.165, 1.54) is 11.8 Å². The van der Waals surface area contributed by atoms with E-state index in [9.17, 15) is 9.59 Å². The summed E-state index contributed by atoms with van der Waals surface area (Å²) >= 11 is 5.92. The number of ether oxygens (including phenoxy) is 2. The van der Waals surface area contributed by atoms with Crippen LogP contribution in [0.3, 0.4) is 0 Å². The average molecular weight is 508 g/mol. The van der Waals surface area contributed by atoms with Gasteiger partial charge < -0.3 is 14.8 Å². The van der Waals surface area contributed by atoms with Crippen molar-refractivity contribution >= 4 is 29.6 Å². The fourth-order valence-corrected chi connectivity index (χ4v) is 3.36. The lowest BCUT2D eigenvalue weighted by atomic mass is 10.0. The minimum atomic E-state index is -0.849. The zero-order valence-electron chi connectivity index (χ0n) is 20.6. The molecule has 0 saturated carbocycles. The number of hydrazone groups is 1. The van der Waals surface area contributed by atoms with Gasteiger partial charge in [-0.2, -0.15) is 5.10 Å². The molecule has 0 unspecified atom stereocenters. The molecule has 3 aromatic rings. The molecule has 36 heavy (non-hydrogen) atoms. The number of amides is 2. The lowest BCUT2D eigenvalue weighted by Gasteiger charge is -2.12. The van der Waals surface area contributed by atoms with E-state index in [0.29, 0.717) is 41.2 Å². The first-order chi connectivity index (χ1) is 17.4. The minimum absolute atomic E-state index is 0.254. The molecule has 0 aromatic heterocycles. The molecule has 0 fully saturated rings. The van der Waals surface area contributed by atoms with Gasteiger partial charge in [-0.1, -0.05) is 61.8 Å². The molecule has 0 aliphatic carbocycles. The average Bonchev–Trinajstić information content (AvgIpc) is 2.88. The van der Waals surface area contributed by atoms with Crippen LogP contribution >= 0.6 is 11.6 Å². The second kappa shape index (κ2) is 13.3. The van der Waals surface area contributed by atoms with E-state index in [-0.39, 0.29) is 6.54 Å². The molecule has 0 radical (unpaired) electrons. The third-order valence-corrected chi connectivity index (χ3v) is 5.51. The summed E-state index contributed by atoms with van der Waals surface area (Å²) in [4.78, 5) is 24.2. The number of hydrogen-bond acceptors (Lipinski definition) is 5. The topological polar surface area (TPSA) is 89.0 Å². The number of halogens is 1. The number of carbonyl (C=O) groups is 2. The zero-order chi connectivity index (χ0) is 25.9. The highest BCUT2D eigenvalue weighted by Gasteiger charge is 2.12. The fraction of sp³-hybridized carbons (Fsp3) is 0.250. The van der Waals surface area contributed by atoms with Crippen molar-refractivity contribution < 1.29 is 19.1 Å². The van der Waals surface area contributed by atoms with Gasteiger partial charge in [0.05, 0.1) is 12.8 Å². The molecule has 0 bridgehead atoms. The van der Waals surface area contributed by atoms with Gasteiger partial charge in [0.2, 0.25) is 0 Å². The van der Waals surface area contributed by atoms with E-state index in [4.69, 9.17) is 21.1 Å². The Kier molecular flexibility index (Phi) is 9.89. The Balaban J connectivity index is 1.52. The van der Waals surface area contributed by atoms with Gasteiger partial charge in [-0.05, 0) is 65.4 Å². The van der Waals surface area contributed by atoms with Crippen LogP contribution in [0.1, 0.15) is 48.9 Å². The van der Waals surface area contributed by atoms with Crippen LogP contribution in [-0.2, 0) is 22.7 Å². The first kappa shape index (κ1) is 26.8. The number of nitrogens with zero attached hydrogens (tertiary/aromatic N) is 1. The number of rotatable bonds is 10. The van der Waals surface area contributed by atoms with Gasteiger partial charge in [0, 0.05) is 11.6 Å². The van der Waals surface area contributed by atoms with E-state index in [0.717, 1.165) is 11.1 Å². The Morgan fingerprint density at radius 3 is 2.28 bits per heavy atom. The van der Waals surface area contributed by atoms with Crippen molar-refractivity contribution in [2.24, 2.45) is 5.10 Å². The second-order valence-electron chi connectivity index (χ2n) is 8.33. The van der Waals surface area contributed by atoms with Gasteiger partial charge in [0.25, 0.3) is 0 Å². The quantitative estimate of drug-likeness (QED) is 0.224. The fourth-order valence-electron chi connectivity index (χ4n) is 3.23. The van der Waals surface area contributed by atoms with E-state index >= 15 is 0 Å². The maximum Gasteiger partial charge on any atom is 0.329 e. The van der Waals surface area contributed by atoms with Crippen LogP contribution < -0.4 is 20.2 Å². The molecule has 0 heterocycles. The molecule has 0 aliphatic rings. The number of carbonyl (C=O) groups excluding carboxylic acids is 2. The zero-order valence-corrected chi connectivity index (χ0v) is 21.3. The Bertz CT molecular complexity index is 1190. The molecule has 3 aromatic carbocycles. The van der Waals surface area contributed by atoms with Gasteiger partial charge in [-0.15, -0.1) is 0 Å². The highest BCUT2D eigenvalue weighted by molar-refractivity contribution is 6.35. The Hall–Kier alpha value is -3.84. The third-order valence-electron chi connectivity index (χ3n) is 5.26. The van der Waals surface area contributed by atoms with Crippen LogP contribution in [0.5, 0.6) is 11.5 Å². The second-order valence-corrected chi connectivity index (χ2v) is 8.77. The van der Waals surface area contributed by atoms with Crippen molar-refractivity contribution in [3.05, 3.63) is 94.0 Å². The molecule has 2 amide bonds. The maximum absolute atomic E-state index is 12.1. The lowest BCUT2D eigenvalue weighted by molar-refractivity contribution is -0.139. The van der Waals surface area contributed by atoms with Crippen molar-refractivity contribution in [3.63, 3.8) is 0 Å². The van der Waals surface area contributed by atoms with Crippen LogP contribution in [0.15, 0.2) is 71.8 Å². The SMILES string of the molecule is CCOc1cc(/C=N\NC(=O)C(=O)NCc2ccc(C(C)C)cc2)ccc1OCc1ccc(Cl)cc1. The molecular formula is C28H30ClN3O4. The lowest BCUT2D eigenvalue weighted by Crippen LogP contribution is -2.37. The van der Waals surface area contributed by atoms with E-state index in [1.807, 2.05) is 55.5 Å². The summed E-state index contributed by atoms with van der Waals surface area (Å²) in [6, 6.07) is 20.6. The molecule has 3 rings (SSSR count). The predicted molar refractivity (Wildman–Crippen MR) is 142 cm³/mol. The van der Waals surface area contributed by atoms with Crippen molar-refractivity contribution in [2.45, 2.75) is 39.8 Å². The Labute approximate surface area is 216 Å². The molecule has 0 aliphatic heterocycles. The monoisotopic (exact) mass is 507 g/mol. The van der Waals surface area contributed by atoms with Gasteiger partial charge in [-0.25, -0.2) is 5.43 Å². The maximum atomic E-state index is 12.1. The smallest absolute Gasteiger partial charge is 0.329 e. The molecular weight excluding hydrogens is 478 g/mol. The summed E-state index contributed by atoms with van der Waals surface area (Å²) in [5, 5.41) is 7.14. The summed E-state index contributed by atoms with van der Waals surface area (Å²) in [5.41, 5.74) is 6.01. The van der Waals surface area contributed by atoms with Gasteiger partial charge in [0.1, 0.15) is 6.61 Å². The number of nitrogens with one attached hydrogen (secondary N) is 2. The van der Waals surface area contributed by atoms with Crippen LogP contribution in [0.2, 0.25) is 5.02 Å². The van der Waals surface area contributed by atoms with Crippen molar-refractivity contribution in [2.75, 3.05) is 6.61 Å². The third kappa shape index (κ3) is 8.13. The van der Waals surface area contributed by atoms with Gasteiger partial charge >= 0.3 is 11.8 Å². The minimum Gasteiger partial charge on any atom is -0.490 e. The number of benzene rings is 3. The predicted octanol–water partition coefficient (Wildman–Crippen LogP) is 5.21. The van der Waals surface area contributed by atoms with Crippen LogP contribution in [0.25, 0.3) is 0 Å². The summed E-state index contributed by atoms with van der Waals surface area (Å²) in [7, 11) is 0. The molecule has 0 atom stereocenters. The van der Waals surface area contributed by atoms with Crippen molar-refractivity contribution in [1.82, 2.24) is 10.7 Å². The van der Waals surface area contributed by atoms with E-state index in [2.05, 4.69) is 29.7 Å². The Morgan fingerprint density at radius 1 is 0.917 bits per heavy atom. The molecule has 8 heteroatoms. The summed E-state index contributed by atoms with van der Waals surface area (Å²) < 4.78 is 11.6. The summed E-state index contributed by atoms with van der Waals surface area (Å²) in [5.74, 6) is -0.0595. The largest absolute Gasteiger partial charge is 0.490 e. The normalized spacial score (nSPS) is 10.9.